The Bertz CT molecular complexity index is 925. The summed E-state index contributed by atoms with van der Waals surface area (Å²) in [6, 6.07) is 4.06. The molecule has 1 N–H and O–H groups in total. The molecule has 28 heavy (non-hydrogen) atoms. The molecule has 0 saturated carbocycles. The predicted molar refractivity (Wildman–Crippen MR) is 108 cm³/mol. The standard InChI is InChI=1S/C18H22N8OS/c27-18(24-6-4-19-5-7-24)25-10-8-23(9-11-25)17-22-26-13-15(21-16(26)28-17)14-2-1-3-20-12-14/h1-3,12-13,19H,4-11H2. The Labute approximate surface area is 166 Å². The van der Waals surface area contributed by atoms with Crippen LogP contribution in [0, 0.1) is 0 Å². The maximum atomic E-state index is 12.6. The second-order valence-electron chi connectivity index (χ2n) is 6.97. The highest BCUT2D eigenvalue weighted by atomic mass is 32.1. The fourth-order valence-electron chi connectivity index (χ4n) is 3.62. The number of carbonyl (C=O) groups excluding carboxylic acids is 1. The molecule has 2 saturated heterocycles. The lowest BCUT2D eigenvalue weighted by Crippen LogP contribution is -2.56. The van der Waals surface area contributed by atoms with Gasteiger partial charge in [-0.05, 0) is 12.1 Å². The third-order valence-electron chi connectivity index (χ3n) is 5.20. The third-order valence-corrected chi connectivity index (χ3v) is 6.18. The van der Waals surface area contributed by atoms with E-state index in [9.17, 15) is 4.79 Å². The maximum absolute atomic E-state index is 12.6. The summed E-state index contributed by atoms with van der Waals surface area (Å²) in [5.74, 6) is 0. The van der Waals surface area contributed by atoms with Crippen molar-refractivity contribution < 1.29 is 4.79 Å². The molecule has 0 radical (unpaired) electrons. The molecule has 5 heterocycles. The number of piperazine rings is 2. The van der Waals surface area contributed by atoms with Gasteiger partial charge < -0.3 is 20.0 Å². The monoisotopic (exact) mass is 398 g/mol. The molecule has 0 bridgehead atoms. The van der Waals surface area contributed by atoms with E-state index in [1.165, 1.54) is 0 Å². The number of nitrogens with one attached hydrogen (secondary N) is 1. The Balaban J connectivity index is 1.24. The number of hydrogen-bond donors (Lipinski definition) is 1. The molecule has 3 aromatic rings. The molecule has 0 aliphatic carbocycles. The molecule has 2 aliphatic rings. The number of carbonyl (C=O) groups is 1. The van der Waals surface area contributed by atoms with Crippen molar-refractivity contribution in [1.82, 2.24) is 34.7 Å². The van der Waals surface area contributed by atoms with Gasteiger partial charge in [0.15, 0.2) is 0 Å². The molecular formula is C18H22N8OS. The molecular weight excluding hydrogens is 376 g/mol. The molecule has 146 valence electrons. The molecule has 0 spiro atoms. The van der Waals surface area contributed by atoms with Gasteiger partial charge in [0.2, 0.25) is 10.1 Å². The minimum atomic E-state index is 0.163. The van der Waals surface area contributed by atoms with Crippen LogP contribution >= 0.6 is 11.3 Å². The van der Waals surface area contributed by atoms with E-state index in [0.717, 1.165) is 73.7 Å². The molecule has 9 nitrogen and oxygen atoms in total. The Morgan fingerprint density at radius 2 is 1.86 bits per heavy atom. The van der Waals surface area contributed by atoms with Crippen LogP contribution in [0.5, 0.6) is 0 Å². The zero-order valence-electron chi connectivity index (χ0n) is 15.5. The van der Waals surface area contributed by atoms with Crippen LogP contribution in [0.4, 0.5) is 9.93 Å². The van der Waals surface area contributed by atoms with Gasteiger partial charge in [-0.2, -0.15) is 0 Å². The number of rotatable bonds is 2. The number of hydrogen-bond acceptors (Lipinski definition) is 7. The van der Waals surface area contributed by atoms with Crippen LogP contribution in [-0.2, 0) is 0 Å². The average Bonchev–Trinajstić information content (AvgIpc) is 3.34. The minimum Gasteiger partial charge on any atom is -0.343 e. The van der Waals surface area contributed by atoms with Crippen LogP contribution in [0.1, 0.15) is 0 Å². The number of pyridine rings is 1. The van der Waals surface area contributed by atoms with Gasteiger partial charge in [0, 0.05) is 70.3 Å². The highest BCUT2D eigenvalue weighted by Gasteiger charge is 2.27. The first-order chi connectivity index (χ1) is 13.8. The van der Waals surface area contributed by atoms with Crippen molar-refractivity contribution in [1.29, 1.82) is 0 Å². The van der Waals surface area contributed by atoms with Gasteiger partial charge in [-0.3, -0.25) is 4.98 Å². The van der Waals surface area contributed by atoms with E-state index in [0.29, 0.717) is 0 Å². The fourth-order valence-corrected chi connectivity index (χ4v) is 4.55. The summed E-state index contributed by atoms with van der Waals surface area (Å²) in [6.07, 6.45) is 5.50. The SMILES string of the molecule is O=C(N1CCNCC1)N1CCN(c2nn3cc(-c4cccnc4)nc3s2)CC1. The van der Waals surface area contributed by atoms with Gasteiger partial charge in [0.25, 0.3) is 0 Å². The van der Waals surface area contributed by atoms with Gasteiger partial charge in [0.05, 0.1) is 11.9 Å². The summed E-state index contributed by atoms with van der Waals surface area (Å²) in [7, 11) is 0. The first kappa shape index (κ1) is 17.4. The largest absolute Gasteiger partial charge is 0.343 e. The van der Waals surface area contributed by atoms with Crippen molar-refractivity contribution in [3.8, 4) is 11.3 Å². The van der Waals surface area contributed by atoms with Crippen molar-refractivity contribution in [2.75, 3.05) is 57.3 Å². The lowest BCUT2D eigenvalue weighted by molar-refractivity contribution is 0.144. The summed E-state index contributed by atoms with van der Waals surface area (Å²) in [5.41, 5.74) is 1.87. The van der Waals surface area contributed by atoms with E-state index < -0.39 is 0 Å². The molecule has 0 unspecified atom stereocenters. The number of nitrogens with zero attached hydrogens (tertiary/aromatic N) is 7. The molecule has 3 aromatic heterocycles. The van der Waals surface area contributed by atoms with E-state index >= 15 is 0 Å². The summed E-state index contributed by atoms with van der Waals surface area (Å²) >= 11 is 1.58. The smallest absolute Gasteiger partial charge is 0.320 e. The molecule has 2 fully saturated rings. The Hall–Kier alpha value is -2.72. The summed E-state index contributed by atoms with van der Waals surface area (Å²) in [4.78, 5) is 28.5. The highest BCUT2D eigenvalue weighted by molar-refractivity contribution is 7.20. The van der Waals surface area contributed by atoms with Crippen LogP contribution in [0.25, 0.3) is 16.2 Å². The van der Waals surface area contributed by atoms with Gasteiger partial charge in [-0.1, -0.05) is 11.3 Å². The Morgan fingerprint density at radius 3 is 2.57 bits per heavy atom. The minimum absolute atomic E-state index is 0.163. The number of amides is 2. The first-order valence-corrected chi connectivity index (χ1v) is 10.4. The van der Waals surface area contributed by atoms with Crippen LogP contribution < -0.4 is 10.2 Å². The zero-order valence-corrected chi connectivity index (χ0v) is 16.3. The summed E-state index contributed by atoms with van der Waals surface area (Å²) in [5, 5.41) is 8.94. The van der Waals surface area contributed by atoms with E-state index in [1.807, 2.05) is 38.8 Å². The quantitative estimate of drug-likeness (QED) is 0.694. The maximum Gasteiger partial charge on any atom is 0.320 e. The number of anilines is 1. The lowest BCUT2D eigenvalue weighted by atomic mass is 10.2. The van der Waals surface area contributed by atoms with Crippen molar-refractivity contribution in [2.24, 2.45) is 0 Å². The van der Waals surface area contributed by atoms with Crippen molar-refractivity contribution in [3.63, 3.8) is 0 Å². The highest BCUT2D eigenvalue weighted by Crippen LogP contribution is 2.27. The Morgan fingerprint density at radius 1 is 1.07 bits per heavy atom. The summed E-state index contributed by atoms with van der Waals surface area (Å²) in [6.45, 7) is 6.40. The predicted octanol–water partition coefficient (Wildman–Crippen LogP) is 1.00. The molecule has 10 heteroatoms. The number of urea groups is 1. The van der Waals surface area contributed by atoms with Crippen LogP contribution in [-0.4, -0.2) is 87.8 Å². The fraction of sp³-hybridized carbons (Fsp3) is 0.444. The van der Waals surface area contributed by atoms with Crippen molar-refractivity contribution in [2.45, 2.75) is 0 Å². The van der Waals surface area contributed by atoms with Gasteiger partial charge in [-0.25, -0.2) is 14.3 Å². The number of aromatic nitrogens is 4. The average molecular weight is 398 g/mol. The van der Waals surface area contributed by atoms with Gasteiger partial charge in [-0.15, -0.1) is 5.10 Å². The summed E-state index contributed by atoms with van der Waals surface area (Å²) < 4.78 is 1.83. The molecule has 0 atom stereocenters. The van der Waals surface area contributed by atoms with Crippen LogP contribution in [0.3, 0.4) is 0 Å². The van der Waals surface area contributed by atoms with Crippen LogP contribution in [0.15, 0.2) is 30.7 Å². The molecule has 2 amide bonds. The normalized spacial score (nSPS) is 18.1. The molecule has 0 aromatic carbocycles. The Kier molecular flexibility index (Phi) is 4.57. The van der Waals surface area contributed by atoms with E-state index in [2.05, 4.69) is 20.2 Å². The van der Waals surface area contributed by atoms with Crippen molar-refractivity contribution in [3.05, 3.63) is 30.7 Å². The number of imidazole rings is 1. The molecule has 2 aliphatic heterocycles. The number of fused-ring (bicyclic) bond motifs is 1. The van der Waals surface area contributed by atoms with Crippen molar-refractivity contribution >= 4 is 27.5 Å². The van der Waals surface area contributed by atoms with Crippen LogP contribution in [0.2, 0.25) is 0 Å². The topological polar surface area (TPSA) is 81.9 Å². The first-order valence-electron chi connectivity index (χ1n) is 9.54. The zero-order chi connectivity index (χ0) is 18.9. The lowest BCUT2D eigenvalue weighted by Gasteiger charge is -2.38. The van der Waals surface area contributed by atoms with E-state index in [4.69, 9.17) is 5.10 Å². The van der Waals surface area contributed by atoms with Gasteiger partial charge in [0.1, 0.15) is 0 Å². The van der Waals surface area contributed by atoms with E-state index in [1.54, 1.807) is 17.5 Å². The second kappa shape index (κ2) is 7.36. The van der Waals surface area contributed by atoms with Gasteiger partial charge >= 0.3 is 6.03 Å². The van der Waals surface area contributed by atoms with E-state index in [-0.39, 0.29) is 6.03 Å². The third kappa shape index (κ3) is 3.29. The second-order valence-corrected chi connectivity index (χ2v) is 7.91. The molecule has 5 rings (SSSR count).